The summed E-state index contributed by atoms with van der Waals surface area (Å²) in [6.45, 7) is 2.08. The summed E-state index contributed by atoms with van der Waals surface area (Å²) in [6, 6.07) is 7.47. The Labute approximate surface area is 161 Å². The van der Waals surface area contributed by atoms with Gasteiger partial charge in [0.1, 0.15) is 11.2 Å². The van der Waals surface area contributed by atoms with Crippen molar-refractivity contribution in [2.75, 3.05) is 0 Å². The first-order valence-electron chi connectivity index (χ1n) is 9.21. The summed E-state index contributed by atoms with van der Waals surface area (Å²) >= 11 is 0. The molecule has 0 spiro atoms. The van der Waals surface area contributed by atoms with Gasteiger partial charge in [-0.15, -0.1) is 0 Å². The maximum Gasteiger partial charge on any atom is 0.329 e. The van der Waals surface area contributed by atoms with Crippen LogP contribution in [0.3, 0.4) is 0 Å². The van der Waals surface area contributed by atoms with Crippen molar-refractivity contribution in [1.29, 1.82) is 0 Å². The molecule has 0 aliphatic heterocycles. The number of aromatic nitrogens is 2. The number of nitrogens with one attached hydrogen (secondary N) is 1. The van der Waals surface area contributed by atoms with E-state index in [1.807, 2.05) is 0 Å². The van der Waals surface area contributed by atoms with Crippen molar-refractivity contribution in [3.05, 3.63) is 52.3 Å². The Morgan fingerprint density at radius 3 is 2.61 bits per heavy atom. The van der Waals surface area contributed by atoms with Gasteiger partial charge in [0.25, 0.3) is 11.6 Å². The number of benzene rings is 1. The molecule has 0 radical (unpaired) electrons. The van der Waals surface area contributed by atoms with Gasteiger partial charge in [0.15, 0.2) is 5.69 Å². The zero-order valence-corrected chi connectivity index (χ0v) is 15.5. The zero-order valence-electron chi connectivity index (χ0n) is 15.5. The third-order valence-corrected chi connectivity index (χ3v) is 5.45. The summed E-state index contributed by atoms with van der Waals surface area (Å²) in [5.41, 5.74) is -1.21. The second-order valence-corrected chi connectivity index (χ2v) is 7.08. The van der Waals surface area contributed by atoms with Crippen LogP contribution in [0.25, 0.3) is 5.69 Å². The third kappa shape index (κ3) is 3.73. The second kappa shape index (κ2) is 7.79. The molecule has 1 heterocycles. The molecular weight excluding hydrogens is 364 g/mol. The molecule has 2 aromatic rings. The van der Waals surface area contributed by atoms with Gasteiger partial charge >= 0.3 is 5.97 Å². The van der Waals surface area contributed by atoms with Crippen molar-refractivity contribution < 1.29 is 19.6 Å². The summed E-state index contributed by atoms with van der Waals surface area (Å²) in [4.78, 5) is 35.2. The van der Waals surface area contributed by atoms with E-state index in [1.54, 1.807) is 12.1 Å². The first-order chi connectivity index (χ1) is 13.4. The number of nitro groups is 1. The number of hydrogen-bond acceptors (Lipinski definition) is 5. The third-order valence-electron chi connectivity index (χ3n) is 5.45. The van der Waals surface area contributed by atoms with E-state index < -0.39 is 22.3 Å². The van der Waals surface area contributed by atoms with Gasteiger partial charge in [-0.2, -0.15) is 5.10 Å². The molecule has 1 amide bonds. The Balaban J connectivity index is 1.81. The summed E-state index contributed by atoms with van der Waals surface area (Å²) in [6.07, 6.45) is 4.67. The number of carboxylic acids is 1. The number of carbonyl (C=O) groups is 2. The molecule has 9 heteroatoms. The Hall–Kier alpha value is -3.23. The van der Waals surface area contributed by atoms with Gasteiger partial charge in [-0.05, 0) is 43.7 Å². The van der Waals surface area contributed by atoms with E-state index in [9.17, 15) is 24.8 Å². The topological polar surface area (TPSA) is 127 Å². The maximum atomic E-state index is 12.7. The van der Waals surface area contributed by atoms with E-state index in [1.165, 1.54) is 29.1 Å². The molecule has 2 N–H and O–H groups in total. The molecule has 9 nitrogen and oxygen atoms in total. The summed E-state index contributed by atoms with van der Waals surface area (Å²) < 4.78 is 1.24. The van der Waals surface area contributed by atoms with Crippen molar-refractivity contribution in [2.24, 2.45) is 5.92 Å². The van der Waals surface area contributed by atoms with Gasteiger partial charge in [0.2, 0.25) is 0 Å². The molecule has 0 atom stereocenters. The van der Waals surface area contributed by atoms with Gasteiger partial charge in [0, 0.05) is 12.3 Å². The van der Waals surface area contributed by atoms with E-state index in [-0.39, 0.29) is 17.1 Å². The van der Waals surface area contributed by atoms with Crippen LogP contribution < -0.4 is 5.32 Å². The minimum atomic E-state index is -1.30. The van der Waals surface area contributed by atoms with Crippen LogP contribution in [0, 0.1) is 16.0 Å². The Kier molecular flexibility index (Phi) is 5.43. The van der Waals surface area contributed by atoms with Crippen LogP contribution in [0.15, 0.2) is 36.5 Å². The largest absolute Gasteiger partial charge is 0.480 e. The number of aliphatic carboxylic acids is 1. The summed E-state index contributed by atoms with van der Waals surface area (Å²) in [5, 5.41) is 27.7. The average molecular weight is 386 g/mol. The molecule has 3 rings (SSSR count). The van der Waals surface area contributed by atoms with Crippen LogP contribution in [-0.4, -0.2) is 37.2 Å². The lowest BCUT2D eigenvalue weighted by atomic mass is 9.75. The normalized spacial score (nSPS) is 21.8. The number of nitro benzene ring substituents is 1. The Bertz CT molecular complexity index is 899. The molecule has 1 fully saturated rings. The first kappa shape index (κ1) is 19.5. The van der Waals surface area contributed by atoms with Gasteiger partial charge in [-0.3, -0.25) is 14.9 Å². The van der Waals surface area contributed by atoms with Crippen LogP contribution >= 0.6 is 0 Å². The highest BCUT2D eigenvalue weighted by molar-refractivity contribution is 5.96. The Morgan fingerprint density at radius 2 is 2.00 bits per heavy atom. The fourth-order valence-corrected chi connectivity index (χ4v) is 3.64. The maximum absolute atomic E-state index is 12.7. The number of amides is 1. The minimum Gasteiger partial charge on any atom is -0.480 e. The van der Waals surface area contributed by atoms with E-state index >= 15 is 0 Å². The number of para-hydroxylation sites is 2. The van der Waals surface area contributed by atoms with E-state index in [0.29, 0.717) is 18.8 Å². The number of rotatable bonds is 6. The molecule has 0 bridgehead atoms. The standard InChI is InChI=1S/C19H22N4O5/c1-2-13-7-10-19(11-8-13,18(25)26)20-17(24)14-9-12-22(21-14)15-5-3-4-6-16(15)23(27)28/h3-6,9,12-13H,2,7-8,10-11H2,1H3,(H,20,24)(H,25,26). The molecule has 0 unspecified atom stereocenters. The van der Waals surface area contributed by atoms with Crippen LogP contribution in [0.5, 0.6) is 0 Å². The van der Waals surface area contributed by atoms with Crippen molar-refractivity contribution in [2.45, 2.75) is 44.6 Å². The monoisotopic (exact) mass is 386 g/mol. The number of carboxylic acid groups (broad SMARTS) is 1. The first-order valence-corrected chi connectivity index (χ1v) is 9.21. The van der Waals surface area contributed by atoms with Crippen molar-refractivity contribution >= 4 is 17.6 Å². The smallest absolute Gasteiger partial charge is 0.329 e. The number of hydrogen-bond donors (Lipinski definition) is 2. The molecule has 28 heavy (non-hydrogen) atoms. The molecule has 1 aromatic heterocycles. The number of nitrogens with zero attached hydrogens (tertiary/aromatic N) is 3. The molecule has 1 aromatic carbocycles. The molecule has 1 aliphatic carbocycles. The molecule has 1 saturated carbocycles. The summed E-state index contributed by atoms with van der Waals surface area (Å²) in [7, 11) is 0. The Morgan fingerprint density at radius 1 is 1.32 bits per heavy atom. The van der Waals surface area contributed by atoms with Crippen molar-refractivity contribution in [3.63, 3.8) is 0 Å². The van der Waals surface area contributed by atoms with Gasteiger partial charge < -0.3 is 10.4 Å². The van der Waals surface area contributed by atoms with Crippen LogP contribution in [0.4, 0.5) is 5.69 Å². The lowest BCUT2D eigenvalue weighted by molar-refractivity contribution is -0.384. The molecular formula is C19H22N4O5. The van der Waals surface area contributed by atoms with Crippen molar-refractivity contribution in [3.8, 4) is 5.69 Å². The highest BCUT2D eigenvalue weighted by Crippen LogP contribution is 2.34. The molecule has 0 saturated heterocycles. The van der Waals surface area contributed by atoms with E-state index in [0.717, 1.165) is 19.3 Å². The zero-order chi connectivity index (χ0) is 20.3. The second-order valence-electron chi connectivity index (χ2n) is 7.08. The van der Waals surface area contributed by atoms with Gasteiger partial charge in [-0.25, -0.2) is 9.48 Å². The van der Waals surface area contributed by atoms with Crippen LogP contribution in [-0.2, 0) is 4.79 Å². The quantitative estimate of drug-likeness (QED) is 0.580. The fourth-order valence-electron chi connectivity index (χ4n) is 3.64. The van der Waals surface area contributed by atoms with Gasteiger partial charge in [-0.1, -0.05) is 25.5 Å². The average Bonchev–Trinajstić information content (AvgIpc) is 3.18. The van der Waals surface area contributed by atoms with E-state index in [4.69, 9.17) is 0 Å². The van der Waals surface area contributed by atoms with Crippen LogP contribution in [0.2, 0.25) is 0 Å². The predicted molar refractivity (Wildman–Crippen MR) is 100 cm³/mol. The van der Waals surface area contributed by atoms with Crippen molar-refractivity contribution in [1.82, 2.24) is 15.1 Å². The minimum absolute atomic E-state index is 0.0105. The highest BCUT2D eigenvalue weighted by Gasteiger charge is 2.43. The molecule has 1 aliphatic rings. The summed E-state index contributed by atoms with van der Waals surface area (Å²) in [5.74, 6) is -1.18. The SMILES string of the molecule is CCC1CCC(NC(=O)c2ccn(-c3ccccc3[N+](=O)[O-])n2)(C(=O)O)CC1. The predicted octanol–water partition coefficient (Wildman–Crippen LogP) is 2.93. The lowest BCUT2D eigenvalue weighted by Crippen LogP contribution is -2.56. The molecule has 148 valence electrons. The highest BCUT2D eigenvalue weighted by atomic mass is 16.6. The van der Waals surface area contributed by atoms with E-state index in [2.05, 4.69) is 17.3 Å². The van der Waals surface area contributed by atoms with Crippen LogP contribution in [0.1, 0.15) is 49.5 Å². The lowest BCUT2D eigenvalue weighted by Gasteiger charge is -2.37. The fraction of sp³-hybridized carbons (Fsp3) is 0.421. The van der Waals surface area contributed by atoms with Gasteiger partial charge in [0.05, 0.1) is 4.92 Å². The number of carbonyl (C=O) groups excluding carboxylic acids is 1.